The van der Waals surface area contributed by atoms with Crippen LogP contribution in [0.2, 0.25) is 0 Å². The Labute approximate surface area is 163 Å². The van der Waals surface area contributed by atoms with Crippen LogP contribution in [0.15, 0.2) is 49.1 Å². The molecule has 0 spiro atoms. The van der Waals surface area contributed by atoms with Crippen molar-refractivity contribution in [1.29, 1.82) is 0 Å². The van der Waals surface area contributed by atoms with Crippen LogP contribution in [0.3, 0.4) is 0 Å². The second-order valence-electron chi connectivity index (χ2n) is 6.46. The Hall–Kier alpha value is -3.55. The van der Waals surface area contributed by atoms with E-state index >= 15 is 0 Å². The lowest BCUT2D eigenvalue weighted by atomic mass is 10.1. The van der Waals surface area contributed by atoms with Crippen molar-refractivity contribution in [2.24, 2.45) is 7.05 Å². The molecule has 0 aliphatic heterocycles. The second-order valence-corrected chi connectivity index (χ2v) is 6.46. The van der Waals surface area contributed by atoms with Gasteiger partial charge >= 0.3 is 0 Å². The number of aryl methyl sites for hydroxylation is 1. The monoisotopic (exact) mass is 374 g/mol. The zero-order chi connectivity index (χ0) is 19.5. The fourth-order valence-electron chi connectivity index (χ4n) is 3.11. The third kappa shape index (κ3) is 3.62. The van der Waals surface area contributed by atoms with E-state index in [0.717, 1.165) is 40.9 Å². The molecule has 0 fully saturated rings. The minimum Gasteiger partial charge on any atom is -0.371 e. The number of rotatable bonds is 6. The normalized spacial score (nSPS) is 11.0. The molecule has 4 heterocycles. The summed E-state index contributed by atoms with van der Waals surface area (Å²) in [5.74, 6) is 1.36. The highest BCUT2D eigenvalue weighted by molar-refractivity contribution is 5.81. The van der Waals surface area contributed by atoms with E-state index in [2.05, 4.69) is 44.3 Å². The maximum absolute atomic E-state index is 4.70. The van der Waals surface area contributed by atoms with Crippen LogP contribution in [-0.2, 0) is 7.05 Å². The number of nitrogens with one attached hydrogen (secondary N) is 1. The fraction of sp³-hybridized carbons (Fsp3) is 0.250. The van der Waals surface area contributed by atoms with Gasteiger partial charge in [-0.2, -0.15) is 10.2 Å². The molecule has 0 aliphatic rings. The molecule has 0 unspecified atom stereocenters. The van der Waals surface area contributed by atoms with Gasteiger partial charge in [0, 0.05) is 49.7 Å². The first-order chi connectivity index (χ1) is 13.7. The van der Waals surface area contributed by atoms with Gasteiger partial charge in [-0.25, -0.2) is 4.98 Å². The zero-order valence-electron chi connectivity index (χ0n) is 16.2. The van der Waals surface area contributed by atoms with Gasteiger partial charge < -0.3 is 10.2 Å². The lowest BCUT2D eigenvalue weighted by molar-refractivity contribution is 0.768. The number of nitrogens with zero attached hydrogens (tertiary/aromatic N) is 7. The Morgan fingerprint density at radius 2 is 1.82 bits per heavy atom. The highest BCUT2D eigenvalue weighted by atomic mass is 15.2. The molecule has 0 radical (unpaired) electrons. The molecule has 142 valence electrons. The molecule has 0 saturated carbocycles. The molecular weight excluding hydrogens is 352 g/mol. The highest BCUT2D eigenvalue weighted by Gasteiger charge is 2.08. The fourth-order valence-corrected chi connectivity index (χ4v) is 3.11. The maximum Gasteiger partial charge on any atom is 0.156 e. The summed E-state index contributed by atoms with van der Waals surface area (Å²) in [7, 11) is 1.89. The molecule has 0 bridgehead atoms. The summed E-state index contributed by atoms with van der Waals surface area (Å²) in [6.07, 6.45) is 7.39. The van der Waals surface area contributed by atoms with E-state index in [0.29, 0.717) is 11.6 Å². The van der Waals surface area contributed by atoms with Crippen molar-refractivity contribution < 1.29 is 0 Å². The van der Waals surface area contributed by atoms with Gasteiger partial charge in [0.05, 0.1) is 29.1 Å². The predicted molar refractivity (Wildman–Crippen MR) is 111 cm³/mol. The van der Waals surface area contributed by atoms with Crippen LogP contribution in [0.25, 0.3) is 22.2 Å². The Morgan fingerprint density at radius 1 is 0.964 bits per heavy atom. The summed E-state index contributed by atoms with van der Waals surface area (Å²) in [5, 5.41) is 15.8. The van der Waals surface area contributed by atoms with Crippen molar-refractivity contribution >= 4 is 28.4 Å². The van der Waals surface area contributed by atoms with Gasteiger partial charge in [0.25, 0.3) is 0 Å². The molecule has 0 amide bonds. The van der Waals surface area contributed by atoms with Crippen LogP contribution in [0.1, 0.15) is 13.8 Å². The predicted octanol–water partition coefficient (Wildman–Crippen LogP) is 3.41. The first-order valence-electron chi connectivity index (χ1n) is 9.26. The smallest absolute Gasteiger partial charge is 0.156 e. The summed E-state index contributed by atoms with van der Waals surface area (Å²) < 4.78 is 1.77. The molecule has 0 aromatic carbocycles. The first kappa shape index (κ1) is 17.8. The summed E-state index contributed by atoms with van der Waals surface area (Å²) >= 11 is 0. The summed E-state index contributed by atoms with van der Waals surface area (Å²) in [6.45, 7) is 6.07. The number of aromatic nitrogens is 6. The standard InChI is InChI=1S/C20H22N8/c1-4-28(5-2)16-9-20(26-22-12-16)25-19-7-6-17-18(24-19)8-14(10-21-17)15-11-23-27(3)13-15/h6-13H,4-5H2,1-3H3,(H,24,25,26). The molecule has 28 heavy (non-hydrogen) atoms. The Bertz CT molecular complexity index is 1100. The number of pyridine rings is 2. The van der Waals surface area contributed by atoms with Crippen LogP contribution >= 0.6 is 0 Å². The van der Waals surface area contributed by atoms with Gasteiger partial charge in [0.15, 0.2) is 5.82 Å². The van der Waals surface area contributed by atoms with Gasteiger partial charge in [-0.05, 0) is 32.0 Å². The number of hydrogen-bond acceptors (Lipinski definition) is 7. The number of anilines is 3. The molecule has 4 rings (SSSR count). The Morgan fingerprint density at radius 3 is 2.57 bits per heavy atom. The molecule has 4 aromatic rings. The van der Waals surface area contributed by atoms with E-state index in [1.54, 1.807) is 10.9 Å². The van der Waals surface area contributed by atoms with Crippen LogP contribution in [0, 0.1) is 0 Å². The molecule has 0 saturated heterocycles. The van der Waals surface area contributed by atoms with Gasteiger partial charge in [0.2, 0.25) is 0 Å². The van der Waals surface area contributed by atoms with Crippen molar-refractivity contribution in [2.75, 3.05) is 23.3 Å². The molecular formula is C20H22N8. The van der Waals surface area contributed by atoms with E-state index in [4.69, 9.17) is 4.98 Å². The third-order valence-corrected chi connectivity index (χ3v) is 4.60. The van der Waals surface area contributed by atoms with Crippen molar-refractivity contribution in [3.8, 4) is 11.1 Å². The summed E-state index contributed by atoms with van der Waals surface area (Å²) in [4.78, 5) is 11.4. The Balaban J connectivity index is 1.63. The highest BCUT2D eigenvalue weighted by Crippen LogP contribution is 2.24. The minimum absolute atomic E-state index is 0.660. The van der Waals surface area contributed by atoms with Crippen molar-refractivity contribution in [2.45, 2.75) is 13.8 Å². The molecule has 0 atom stereocenters. The van der Waals surface area contributed by atoms with Crippen molar-refractivity contribution in [1.82, 2.24) is 29.9 Å². The third-order valence-electron chi connectivity index (χ3n) is 4.60. The average Bonchev–Trinajstić information content (AvgIpc) is 3.15. The van der Waals surface area contributed by atoms with Crippen LogP contribution < -0.4 is 10.2 Å². The minimum atomic E-state index is 0.660. The van der Waals surface area contributed by atoms with Crippen LogP contribution in [0.4, 0.5) is 17.3 Å². The molecule has 1 N–H and O–H groups in total. The quantitative estimate of drug-likeness (QED) is 0.553. The van der Waals surface area contributed by atoms with Gasteiger partial charge in [-0.15, -0.1) is 5.10 Å². The van der Waals surface area contributed by atoms with Crippen molar-refractivity contribution in [3.63, 3.8) is 0 Å². The molecule has 4 aromatic heterocycles. The van der Waals surface area contributed by atoms with Gasteiger partial charge in [-0.1, -0.05) is 0 Å². The maximum atomic E-state index is 4.70. The topological polar surface area (TPSA) is 84.7 Å². The number of hydrogen-bond donors (Lipinski definition) is 1. The van der Waals surface area contributed by atoms with E-state index in [9.17, 15) is 0 Å². The van der Waals surface area contributed by atoms with E-state index in [-0.39, 0.29) is 0 Å². The molecule has 8 nitrogen and oxygen atoms in total. The van der Waals surface area contributed by atoms with E-state index in [1.165, 1.54) is 0 Å². The summed E-state index contributed by atoms with van der Waals surface area (Å²) in [5.41, 5.74) is 4.66. The average molecular weight is 374 g/mol. The first-order valence-corrected chi connectivity index (χ1v) is 9.26. The number of fused-ring (bicyclic) bond motifs is 1. The second kappa shape index (κ2) is 7.59. The van der Waals surface area contributed by atoms with Crippen LogP contribution in [0.5, 0.6) is 0 Å². The van der Waals surface area contributed by atoms with E-state index < -0.39 is 0 Å². The van der Waals surface area contributed by atoms with Gasteiger partial charge in [0.1, 0.15) is 5.82 Å². The van der Waals surface area contributed by atoms with Crippen molar-refractivity contribution in [3.05, 3.63) is 49.1 Å². The Kier molecular flexibility index (Phi) is 4.84. The summed E-state index contributed by atoms with van der Waals surface area (Å²) in [6, 6.07) is 7.84. The lowest BCUT2D eigenvalue weighted by Crippen LogP contribution is -2.22. The molecule has 0 aliphatic carbocycles. The zero-order valence-corrected chi connectivity index (χ0v) is 16.2. The van der Waals surface area contributed by atoms with Gasteiger partial charge in [-0.3, -0.25) is 9.67 Å². The SMILES string of the molecule is CCN(CC)c1cnnc(Nc2ccc3ncc(-c4cnn(C)c4)cc3n2)c1. The van der Waals surface area contributed by atoms with Crippen LogP contribution in [-0.4, -0.2) is 43.0 Å². The largest absolute Gasteiger partial charge is 0.371 e. The molecule has 8 heteroatoms. The lowest BCUT2D eigenvalue weighted by Gasteiger charge is -2.20. The van der Waals surface area contributed by atoms with E-state index in [1.807, 2.05) is 49.9 Å².